The number of hydrogen-bond acceptors (Lipinski definition) is 4. The molecule has 5 nitrogen and oxygen atoms in total. The summed E-state index contributed by atoms with van der Waals surface area (Å²) in [4.78, 5) is 17.6. The second-order valence-corrected chi connectivity index (χ2v) is 4.02. The summed E-state index contributed by atoms with van der Waals surface area (Å²) in [6, 6.07) is 4.02. The van der Waals surface area contributed by atoms with Crippen LogP contribution in [0.4, 0.5) is 0 Å². The zero-order valence-electron chi connectivity index (χ0n) is 9.90. The van der Waals surface area contributed by atoms with Crippen LogP contribution < -0.4 is 11.3 Å². The number of hydrazine groups is 1. The molecule has 0 saturated heterocycles. The molecule has 0 aliphatic heterocycles. The average molecular weight is 222 g/mol. The Kier molecular flexibility index (Phi) is 4.39. The van der Waals surface area contributed by atoms with E-state index in [1.807, 2.05) is 13.1 Å². The summed E-state index contributed by atoms with van der Waals surface area (Å²) in [5.74, 6) is 4.70. The third kappa shape index (κ3) is 3.29. The molecule has 1 rings (SSSR count). The summed E-state index contributed by atoms with van der Waals surface area (Å²) in [6.07, 6.45) is 1.53. The van der Waals surface area contributed by atoms with Crippen molar-refractivity contribution in [2.24, 2.45) is 5.84 Å². The van der Waals surface area contributed by atoms with Crippen LogP contribution in [0.25, 0.3) is 0 Å². The second-order valence-electron chi connectivity index (χ2n) is 4.02. The molecule has 16 heavy (non-hydrogen) atoms. The average Bonchev–Trinajstić information content (AvgIpc) is 2.28. The first-order valence-corrected chi connectivity index (χ1v) is 5.20. The predicted octanol–water partition coefficient (Wildman–Crippen LogP) is 0.525. The molecule has 1 aromatic heterocycles. The van der Waals surface area contributed by atoms with Crippen molar-refractivity contribution in [2.45, 2.75) is 26.4 Å². The van der Waals surface area contributed by atoms with Gasteiger partial charge in [-0.15, -0.1) is 0 Å². The van der Waals surface area contributed by atoms with Gasteiger partial charge in [0.1, 0.15) is 0 Å². The van der Waals surface area contributed by atoms with Crippen LogP contribution in [0.5, 0.6) is 0 Å². The number of carbonyl (C=O) groups excluding carboxylic acids is 1. The van der Waals surface area contributed by atoms with Gasteiger partial charge in [-0.05, 0) is 33.0 Å². The van der Waals surface area contributed by atoms with Gasteiger partial charge in [-0.25, -0.2) is 5.84 Å². The number of nitrogen functional groups attached to an aromatic ring is 1. The van der Waals surface area contributed by atoms with Gasteiger partial charge in [-0.2, -0.15) is 0 Å². The highest BCUT2D eigenvalue weighted by Gasteiger charge is 2.07. The molecule has 1 heterocycles. The standard InChI is InChI=1S/C11H18N4O/c1-8(2)15(3)7-10-5-4-9(6-13-10)11(16)14-12/h4-6,8H,7,12H2,1-3H3,(H,14,16). The van der Waals surface area contributed by atoms with Gasteiger partial charge >= 0.3 is 0 Å². The Hall–Kier alpha value is -1.46. The molecule has 0 atom stereocenters. The van der Waals surface area contributed by atoms with Crippen molar-refractivity contribution in [3.8, 4) is 0 Å². The number of nitrogens with two attached hydrogens (primary N) is 1. The van der Waals surface area contributed by atoms with Gasteiger partial charge in [0.25, 0.3) is 5.91 Å². The van der Waals surface area contributed by atoms with E-state index in [-0.39, 0.29) is 5.91 Å². The summed E-state index contributed by atoms with van der Waals surface area (Å²) in [5, 5.41) is 0. The lowest BCUT2D eigenvalue weighted by Crippen LogP contribution is -2.30. The second kappa shape index (κ2) is 5.58. The number of hydrogen-bond donors (Lipinski definition) is 2. The molecule has 0 spiro atoms. The van der Waals surface area contributed by atoms with Crippen LogP contribution >= 0.6 is 0 Å². The molecular formula is C11H18N4O. The summed E-state index contributed by atoms with van der Waals surface area (Å²) < 4.78 is 0. The minimum Gasteiger partial charge on any atom is -0.298 e. The maximum atomic E-state index is 11.2. The molecule has 0 unspecified atom stereocenters. The first-order valence-electron chi connectivity index (χ1n) is 5.20. The number of nitrogens with zero attached hydrogens (tertiary/aromatic N) is 2. The molecular weight excluding hydrogens is 204 g/mol. The van der Waals surface area contributed by atoms with Gasteiger partial charge < -0.3 is 0 Å². The van der Waals surface area contributed by atoms with E-state index in [0.717, 1.165) is 12.2 Å². The monoisotopic (exact) mass is 222 g/mol. The highest BCUT2D eigenvalue weighted by molar-refractivity contribution is 5.93. The van der Waals surface area contributed by atoms with Crippen molar-refractivity contribution < 1.29 is 4.79 Å². The van der Waals surface area contributed by atoms with Crippen LogP contribution in [0.2, 0.25) is 0 Å². The molecule has 1 amide bonds. The number of nitrogens with one attached hydrogen (secondary N) is 1. The first kappa shape index (κ1) is 12.6. The predicted molar refractivity (Wildman–Crippen MR) is 62.5 cm³/mol. The van der Waals surface area contributed by atoms with Gasteiger partial charge in [-0.3, -0.25) is 20.1 Å². The van der Waals surface area contributed by atoms with Crippen molar-refractivity contribution in [1.82, 2.24) is 15.3 Å². The van der Waals surface area contributed by atoms with Crippen LogP contribution in [-0.2, 0) is 6.54 Å². The van der Waals surface area contributed by atoms with Gasteiger partial charge in [0.15, 0.2) is 0 Å². The molecule has 0 bridgehead atoms. The van der Waals surface area contributed by atoms with Crippen molar-refractivity contribution in [2.75, 3.05) is 7.05 Å². The smallest absolute Gasteiger partial charge is 0.266 e. The van der Waals surface area contributed by atoms with E-state index in [1.54, 1.807) is 6.07 Å². The number of aromatic nitrogens is 1. The fourth-order valence-corrected chi connectivity index (χ4v) is 1.17. The molecule has 1 aromatic rings. The Morgan fingerprint density at radius 2 is 2.25 bits per heavy atom. The molecule has 5 heteroatoms. The SMILES string of the molecule is CC(C)N(C)Cc1ccc(C(=O)NN)cn1. The summed E-state index contributed by atoms with van der Waals surface area (Å²) in [6.45, 7) is 5.01. The largest absolute Gasteiger partial charge is 0.298 e. The Balaban J connectivity index is 2.68. The third-order valence-corrected chi connectivity index (χ3v) is 2.51. The minimum absolute atomic E-state index is 0.323. The van der Waals surface area contributed by atoms with E-state index in [2.05, 4.69) is 29.2 Å². The van der Waals surface area contributed by atoms with Gasteiger partial charge in [0.2, 0.25) is 0 Å². The van der Waals surface area contributed by atoms with Gasteiger partial charge in [0, 0.05) is 18.8 Å². The Labute approximate surface area is 95.6 Å². The molecule has 0 aliphatic carbocycles. The third-order valence-electron chi connectivity index (χ3n) is 2.51. The first-order chi connectivity index (χ1) is 7.54. The number of carbonyl (C=O) groups is 1. The van der Waals surface area contributed by atoms with Crippen LogP contribution in [0.1, 0.15) is 29.9 Å². The molecule has 0 fully saturated rings. The molecule has 88 valence electrons. The van der Waals surface area contributed by atoms with Gasteiger partial charge in [0.05, 0.1) is 11.3 Å². The van der Waals surface area contributed by atoms with Crippen LogP contribution in [0.3, 0.4) is 0 Å². The zero-order valence-corrected chi connectivity index (χ0v) is 9.90. The number of rotatable bonds is 4. The molecule has 0 saturated carbocycles. The van der Waals surface area contributed by atoms with E-state index in [1.165, 1.54) is 6.20 Å². The van der Waals surface area contributed by atoms with Crippen LogP contribution in [-0.4, -0.2) is 28.9 Å². The van der Waals surface area contributed by atoms with Gasteiger partial charge in [-0.1, -0.05) is 0 Å². The Morgan fingerprint density at radius 3 is 2.69 bits per heavy atom. The fraction of sp³-hybridized carbons (Fsp3) is 0.455. The van der Waals surface area contributed by atoms with Crippen LogP contribution in [0.15, 0.2) is 18.3 Å². The number of pyridine rings is 1. The topological polar surface area (TPSA) is 71.2 Å². The van der Waals surface area contributed by atoms with E-state index in [9.17, 15) is 4.79 Å². The van der Waals surface area contributed by atoms with Crippen molar-refractivity contribution in [3.63, 3.8) is 0 Å². The van der Waals surface area contributed by atoms with E-state index < -0.39 is 0 Å². The lowest BCUT2D eigenvalue weighted by molar-refractivity contribution is 0.0953. The lowest BCUT2D eigenvalue weighted by atomic mass is 10.2. The lowest BCUT2D eigenvalue weighted by Gasteiger charge is -2.20. The number of amides is 1. The Bertz CT molecular complexity index is 348. The zero-order chi connectivity index (χ0) is 12.1. The van der Waals surface area contributed by atoms with E-state index in [4.69, 9.17) is 5.84 Å². The molecule has 0 radical (unpaired) electrons. The summed E-state index contributed by atoms with van der Waals surface area (Å²) >= 11 is 0. The fourth-order valence-electron chi connectivity index (χ4n) is 1.17. The normalized spacial score (nSPS) is 10.9. The van der Waals surface area contributed by atoms with E-state index in [0.29, 0.717) is 11.6 Å². The highest BCUT2D eigenvalue weighted by atomic mass is 16.2. The van der Waals surface area contributed by atoms with Crippen LogP contribution in [0, 0.1) is 0 Å². The maximum Gasteiger partial charge on any atom is 0.266 e. The summed E-state index contributed by atoms with van der Waals surface area (Å²) in [5.41, 5.74) is 3.48. The van der Waals surface area contributed by atoms with Crippen molar-refractivity contribution >= 4 is 5.91 Å². The highest BCUT2D eigenvalue weighted by Crippen LogP contribution is 2.05. The molecule has 0 aliphatic rings. The van der Waals surface area contributed by atoms with E-state index >= 15 is 0 Å². The Morgan fingerprint density at radius 1 is 1.56 bits per heavy atom. The summed E-state index contributed by atoms with van der Waals surface area (Å²) in [7, 11) is 2.03. The molecule has 0 aromatic carbocycles. The minimum atomic E-state index is -0.323. The van der Waals surface area contributed by atoms with Crippen molar-refractivity contribution in [1.29, 1.82) is 0 Å². The molecule has 3 N–H and O–H groups in total. The van der Waals surface area contributed by atoms with Crippen molar-refractivity contribution in [3.05, 3.63) is 29.6 Å². The quantitative estimate of drug-likeness (QED) is 0.443. The maximum absolute atomic E-state index is 11.2.